The predicted molar refractivity (Wildman–Crippen MR) is 57.8 cm³/mol. The molecular formula is C11H18N2O2. The van der Waals surface area contributed by atoms with Crippen molar-refractivity contribution in [2.45, 2.75) is 39.0 Å². The number of unbranched alkanes of at least 4 members (excludes halogenated alkanes) is 3. The molecule has 0 aliphatic carbocycles. The number of carbonyl (C=O) groups is 1. The average Bonchev–Trinajstić information content (AvgIpc) is 2.72. The summed E-state index contributed by atoms with van der Waals surface area (Å²) in [6.45, 7) is 2.19. The van der Waals surface area contributed by atoms with Crippen molar-refractivity contribution in [2.75, 3.05) is 7.11 Å². The summed E-state index contributed by atoms with van der Waals surface area (Å²) >= 11 is 0. The molecule has 84 valence electrons. The number of rotatable bonds is 6. The summed E-state index contributed by atoms with van der Waals surface area (Å²) in [5.74, 6) is -0.383. The Morgan fingerprint density at radius 1 is 1.47 bits per heavy atom. The Morgan fingerprint density at radius 3 is 2.93 bits per heavy atom. The van der Waals surface area contributed by atoms with Crippen molar-refractivity contribution in [3.8, 4) is 0 Å². The van der Waals surface area contributed by atoms with Crippen molar-refractivity contribution >= 4 is 5.97 Å². The van der Waals surface area contributed by atoms with Gasteiger partial charge in [-0.2, -0.15) is 5.10 Å². The van der Waals surface area contributed by atoms with Crippen molar-refractivity contribution in [1.82, 2.24) is 10.2 Å². The van der Waals surface area contributed by atoms with Crippen LogP contribution in [0.5, 0.6) is 0 Å². The molecule has 4 nitrogen and oxygen atoms in total. The monoisotopic (exact) mass is 210 g/mol. The van der Waals surface area contributed by atoms with Crippen LogP contribution in [0.15, 0.2) is 6.07 Å². The van der Waals surface area contributed by atoms with Gasteiger partial charge in [0.1, 0.15) is 0 Å². The predicted octanol–water partition coefficient (Wildman–Crippen LogP) is 2.32. The number of ether oxygens (including phenoxy) is 1. The van der Waals surface area contributed by atoms with Gasteiger partial charge < -0.3 is 4.74 Å². The highest BCUT2D eigenvalue weighted by molar-refractivity contribution is 5.87. The second-order valence-corrected chi connectivity index (χ2v) is 3.58. The van der Waals surface area contributed by atoms with E-state index in [0.29, 0.717) is 5.69 Å². The molecule has 1 N–H and O–H groups in total. The fourth-order valence-electron chi connectivity index (χ4n) is 1.44. The molecule has 0 spiro atoms. The lowest BCUT2D eigenvalue weighted by Gasteiger charge is -1.96. The molecule has 0 aliphatic heterocycles. The highest BCUT2D eigenvalue weighted by atomic mass is 16.5. The fraction of sp³-hybridized carbons (Fsp3) is 0.636. The zero-order chi connectivity index (χ0) is 11.1. The summed E-state index contributed by atoms with van der Waals surface area (Å²) in [5, 5.41) is 6.73. The van der Waals surface area contributed by atoms with Crippen LogP contribution in [-0.4, -0.2) is 23.3 Å². The maximum absolute atomic E-state index is 11.1. The summed E-state index contributed by atoms with van der Waals surface area (Å²) in [4.78, 5) is 11.1. The molecule has 0 fully saturated rings. The van der Waals surface area contributed by atoms with Gasteiger partial charge in [0.15, 0.2) is 5.69 Å². The van der Waals surface area contributed by atoms with E-state index >= 15 is 0 Å². The quantitative estimate of drug-likeness (QED) is 0.579. The lowest BCUT2D eigenvalue weighted by atomic mass is 10.1. The molecule has 4 heteroatoms. The van der Waals surface area contributed by atoms with E-state index in [1.807, 2.05) is 0 Å². The maximum Gasteiger partial charge on any atom is 0.358 e. The third-order valence-electron chi connectivity index (χ3n) is 2.33. The van der Waals surface area contributed by atoms with Gasteiger partial charge in [-0.15, -0.1) is 0 Å². The van der Waals surface area contributed by atoms with Crippen molar-refractivity contribution in [1.29, 1.82) is 0 Å². The van der Waals surface area contributed by atoms with E-state index in [1.165, 1.54) is 26.4 Å². The fourth-order valence-corrected chi connectivity index (χ4v) is 1.44. The number of aromatic amines is 1. The molecule has 0 radical (unpaired) electrons. The van der Waals surface area contributed by atoms with Crippen LogP contribution in [0, 0.1) is 0 Å². The molecule has 0 unspecified atom stereocenters. The Balaban J connectivity index is 2.36. The molecule has 0 aliphatic rings. The van der Waals surface area contributed by atoms with Crippen molar-refractivity contribution < 1.29 is 9.53 Å². The molecule has 0 aromatic carbocycles. The van der Waals surface area contributed by atoms with Crippen LogP contribution >= 0.6 is 0 Å². The van der Waals surface area contributed by atoms with E-state index in [9.17, 15) is 4.79 Å². The topological polar surface area (TPSA) is 55.0 Å². The first kappa shape index (κ1) is 11.8. The number of hydrogen-bond donors (Lipinski definition) is 1. The number of carbonyl (C=O) groups excluding carboxylic acids is 1. The molecule has 1 aromatic rings. The summed E-state index contributed by atoms with van der Waals surface area (Å²) in [5.41, 5.74) is 1.37. The van der Waals surface area contributed by atoms with Crippen molar-refractivity contribution in [3.63, 3.8) is 0 Å². The standard InChI is InChI=1S/C11H18N2O2/c1-3-4-5-6-7-9-8-10(13-12-9)11(14)15-2/h8H,3-7H2,1-2H3,(H,12,13). The minimum Gasteiger partial charge on any atom is -0.464 e. The first-order chi connectivity index (χ1) is 7.27. The lowest BCUT2D eigenvalue weighted by Crippen LogP contribution is -2.00. The third kappa shape index (κ3) is 3.73. The Morgan fingerprint density at radius 2 is 2.27 bits per heavy atom. The lowest BCUT2D eigenvalue weighted by molar-refractivity contribution is 0.0594. The molecule has 0 amide bonds. The van der Waals surface area contributed by atoms with Crippen molar-refractivity contribution in [2.24, 2.45) is 0 Å². The summed E-state index contributed by atoms with van der Waals surface area (Å²) in [6, 6.07) is 1.76. The number of aryl methyl sites for hydroxylation is 1. The van der Waals surface area contributed by atoms with E-state index in [0.717, 1.165) is 18.5 Å². The van der Waals surface area contributed by atoms with Gasteiger partial charge in [0.2, 0.25) is 0 Å². The minimum absolute atomic E-state index is 0.364. The van der Waals surface area contributed by atoms with Gasteiger partial charge in [0.25, 0.3) is 0 Å². The number of nitrogens with zero attached hydrogens (tertiary/aromatic N) is 1. The number of aromatic nitrogens is 2. The summed E-state index contributed by atoms with van der Waals surface area (Å²) in [6.07, 6.45) is 5.80. The molecule has 1 rings (SSSR count). The molecule has 0 saturated heterocycles. The van der Waals surface area contributed by atoms with Gasteiger partial charge in [0.05, 0.1) is 7.11 Å². The molecule has 1 aromatic heterocycles. The molecule has 0 atom stereocenters. The van der Waals surface area contributed by atoms with Gasteiger partial charge >= 0.3 is 5.97 Å². The number of esters is 1. The van der Waals surface area contributed by atoms with Gasteiger partial charge in [-0.1, -0.05) is 26.2 Å². The van der Waals surface area contributed by atoms with Crippen molar-refractivity contribution in [3.05, 3.63) is 17.5 Å². The second kappa shape index (κ2) is 6.22. The SMILES string of the molecule is CCCCCCc1cc(C(=O)OC)n[nH]1. The first-order valence-electron chi connectivity index (χ1n) is 5.40. The van der Waals surface area contributed by atoms with E-state index in [4.69, 9.17) is 0 Å². The highest BCUT2D eigenvalue weighted by Crippen LogP contribution is 2.07. The van der Waals surface area contributed by atoms with Crippen LogP contribution < -0.4 is 0 Å². The van der Waals surface area contributed by atoms with Gasteiger partial charge in [-0.3, -0.25) is 5.10 Å². The molecule has 0 bridgehead atoms. The van der Waals surface area contributed by atoms with Gasteiger partial charge in [-0.25, -0.2) is 4.79 Å². The summed E-state index contributed by atoms with van der Waals surface area (Å²) in [7, 11) is 1.36. The Labute approximate surface area is 90.0 Å². The number of methoxy groups -OCH3 is 1. The largest absolute Gasteiger partial charge is 0.464 e. The number of nitrogens with one attached hydrogen (secondary N) is 1. The van der Waals surface area contributed by atoms with Crippen LogP contribution in [0.25, 0.3) is 0 Å². The third-order valence-corrected chi connectivity index (χ3v) is 2.33. The van der Waals surface area contributed by atoms with E-state index in [2.05, 4.69) is 21.9 Å². The van der Waals surface area contributed by atoms with E-state index < -0.39 is 0 Å². The average molecular weight is 210 g/mol. The number of hydrogen-bond acceptors (Lipinski definition) is 3. The highest BCUT2D eigenvalue weighted by Gasteiger charge is 2.09. The van der Waals surface area contributed by atoms with Crippen LogP contribution in [0.1, 0.15) is 48.8 Å². The number of H-pyrrole nitrogens is 1. The van der Waals surface area contributed by atoms with Crippen LogP contribution in [-0.2, 0) is 11.2 Å². The van der Waals surface area contributed by atoms with Crippen LogP contribution in [0.2, 0.25) is 0 Å². The molecule has 0 saturated carbocycles. The van der Waals surface area contributed by atoms with Gasteiger partial charge in [-0.05, 0) is 18.9 Å². The molecule has 15 heavy (non-hydrogen) atoms. The maximum atomic E-state index is 11.1. The zero-order valence-electron chi connectivity index (χ0n) is 9.38. The van der Waals surface area contributed by atoms with Gasteiger partial charge in [0, 0.05) is 5.69 Å². The summed E-state index contributed by atoms with van der Waals surface area (Å²) < 4.78 is 4.57. The Bertz CT molecular complexity index is 307. The first-order valence-corrected chi connectivity index (χ1v) is 5.40. The molecule has 1 heterocycles. The van der Waals surface area contributed by atoms with E-state index in [-0.39, 0.29) is 5.97 Å². The van der Waals surface area contributed by atoms with Crippen LogP contribution in [0.3, 0.4) is 0 Å². The molecular weight excluding hydrogens is 192 g/mol. The Kier molecular flexibility index (Phi) is 4.87. The second-order valence-electron chi connectivity index (χ2n) is 3.58. The van der Waals surface area contributed by atoms with E-state index in [1.54, 1.807) is 6.07 Å². The van der Waals surface area contributed by atoms with Crippen LogP contribution in [0.4, 0.5) is 0 Å². The Hall–Kier alpha value is -1.32. The normalized spacial score (nSPS) is 10.3. The smallest absolute Gasteiger partial charge is 0.358 e. The zero-order valence-corrected chi connectivity index (χ0v) is 9.38. The minimum atomic E-state index is -0.383.